The number of carbonyl (C=O) groups is 3. The lowest BCUT2D eigenvalue weighted by Crippen LogP contribution is -2.51. The fraction of sp³-hybridized carbons (Fsp3) is 0.889. The molecule has 0 aromatic carbocycles. The minimum absolute atomic E-state index is 0.00199. The standard InChI is InChI=1S/C27H37NO4S/c1-26-8-6-16-15-7-9-27(32)11-21(27)17(15)4-5-18(16)24(26)19(14-2-3-14)10-20(26)22(29)12-28-23(30)13-33-25(28)31/h14-21,24,32H,2-13H2,1H3/t15-,16-,17+,18-,19+,20-,21?,24-,26-,27+/m1/s1. The molecule has 7 rings (SSSR count). The molecule has 1 unspecified atom stereocenters. The Morgan fingerprint density at radius 3 is 2.45 bits per heavy atom. The fourth-order valence-electron chi connectivity index (χ4n) is 10.2. The number of carbonyl (C=O) groups excluding carboxylic acids is 3. The van der Waals surface area contributed by atoms with Crippen molar-refractivity contribution in [3.05, 3.63) is 0 Å². The summed E-state index contributed by atoms with van der Waals surface area (Å²) in [5.74, 6) is 5.77. The molecule has 6 aliphatic carbocycles. The van der Waals surface area contributed by atoms with Gasteiger partial charge in [-0.05, 0) is 117 Å². The van der Waals surface area contributed by atoms with Crippen LogP contribution < -0.4 is 0 Å². The van der Waals surface area contributed by atoms with Crippen LogP contribution in [0.3, 0.4) is 0 Å². The Morgan fingerprint density at radius 2 is 1.73 bits per heavy atom. The van der Waals surface area contributed by atoms with Crippen LogP contribution in [0.2, 0.25) is 0 Å². The number of imide groups is 1. The van der Waals surface area contributed by atoms with Gasteiger partial charge in [-0.15, -0.1) is 0 Å². The van der Waals surface area contributed by atoms with Crippen LogP contribution in [0, 0.1) is 58.7 Å². The molecule has 1 N–H and O–H groups in total. The molecule has 7 aliphatic rings. The zero-order valence-corrected chi connectivity index (χ0v) is 20.5. The highest BCUT2D eigenvalue weighted by Gasteiger charge is 2.67. The molecule has 10 atom stereocenters. The first-order chi connectivity index (χ1) is 15.8. The van der Waals surface area contributed by atoms with E-state index in [1.165, 1.54) is 43.4 Å². The van der Waals surface area contributed by atoms with Gasteiger partial charge in [0.1, 0.15) is 0 Å². The maximum absolute atomic E-state index is 13.6. The van der Waals surface area contributed by atoms with Crippen LogP contribution in [0.25, 0.3) is 0 Å². The monoisotopic (exact) mass is 471 g/mol. The summed E-state index contributed by atoms with van der Waals surface area (Å²) in [6.45, 7) is 2.39. The predicted octanol–water partition coefficient (Wildman–Crippen LogP) is 4.52. The van der Waals surface area contributed by atoms with E-state index in [4.69, 9.17) is 0 Å². The summed E-state index contributed by atoms with van der Waals surface area (Å²) in [7, 11) is 0. The number of hydrogen-bond acceptors (Lipinski definition) is 5. The number of aliphatic hydroxyl groups is 1. The van der Waals surface area contributed by atoms with Crippen molar-refractivity contribution in [2.75, 3.05) is 12.3 Å². The highest BCUT2D eigenvalue weighted by molar-refractivity contribution is 8.14. The van der Waals surface area contributed by atoms with Gasteiger partial charge in [0.15, 0.2) is 5.78 Å². The van der Waals surface area contributed by atoms with E-state index < -0.39 is 0 Å². The molecule has 0 aromatic heterocycles. The molecular formula is C27H37NO4S. The maximum Gasteiger partial charge on any atom is 0.289 e. The Bertz CT molecular complexity index is 902. The van der Waals surface area contributed by atoms with Gasteiger partial charge in [0.2, 0.25) is 5.91 Å². The molecule has 0 radical (unpaired) electrons. The van der Waals surface area contributed by atoms with E-state index in [9.17, 15) is 19.5 Å². The Morgan fingerprint density at radius 1 is 1.00 bits per heavy atom. The molecular weight excluding hydrogens is 434 g/mol. The SMILES string of the molecule is C[C@]12CC[C@H]3[C@@H](CC[C@@H]4C5C[C@@]5(O)CC[C@H]34)[C@@H]1[C@H](C1CC1)C[C@@H]2C(=O)CN1C(=O)CSC1=O. The first-order valence-corrected chi connectivity index (χ1v) is 14.5. The second kappa shape index (κ2) is 7.09. The number of hydrogen-bond donors (Lipinski definition) is 1. The van der Waals surface area contributed by atoms with Crippen molar-refractivity contribution >= 4 is 28.7 Å². The first-order valence-electron chi connectivity index (χ1n) is 13.5. The lowest BCUT2D eigenvalue weighted by Gasteiger charge is -2.57. The molecule has 0 aromatic rings. The molecule has 1 aliphatic heterocycles. The van der Waals surface area contributed by atoms with Crippen LogP contribution in [0.1, 0.15) is 71.1 Å². The molecule has 5 nitrogen and oxygen atoms in total. The summed E-state index contributed by atoms with van der Waals surface area (Å²) in [6, 6.07) is 0. The zero-order valence-electron chi connectivity index (χ0n) is 19.7. The van der Waals surface area contributed by atoms with E-state index in [1.807, 2.05) is 0 Å². The smallest absolute Gasteiger partial charge is 0.289 e. The number of nitrogens with zero attached hydrogens (tertiary/aromatic N) is 1. The normalized spacial score (nSPS) is 52.7. The van der Waals surface area contributed by atoms with Crippen LogP contribution in [-0.2, 0) is 9.59 Å². The summed E-state index contributed by atoms with van der Waals surface area (Å²) in [6.07, 6.45) is 11.8. The molecule has 6 saturated carbocycles. The Kier molecular flexibility index (Phi) is 4.60. The van der Waals surface area contributed by atoms with Gasteiger partial charge in [-0.25, -0.2) is 0 Å². The second-order valence-corrected chi connectivity index (χ2v) is 14.0. The zero-order chi connectivity index (χ0) is 22.7. The van der Waals surface area contributed by atoms with Gasteiger partial charge in [0.05, 0.1) is 17.9 Å². The maximum atomic E-state index is 13.6. The quantitative estimate of drug-likeness (QED) is 0.653. The third-order valence-corrected chi connectivity index (χ3v) is 12.6. The number of rotatable bonds is 4. The van der Waals surface area contributed by atoms with Crippen LogP contribution in [0.5, 0.6) is 0 Å². The summed E-state index contributed by atoms with van der Waals surface area (Å²) >= 11 is 1.03. The van der Waals surface area contributed by atoms with Crippen molar-refractivity contribution in [3.8, 4) is 0 Å². The van der Waals surface area contributed by atoms with Crippen molar-refractivity contribution in [1.29, 1.82) is 0 Å². The fourth-order valence-corrected chi connectivity index (χ4v) is 10.9. The van der Waals surface area contributed by atoms with E-state index >= 15 is 0 Å². The Balaban J connectivity index is 1.15. The average Bonchev–Trinajstić information content (AvgIpc) is 3.69. The molecule has 1 saturated heterocycles. The number of amides is 2. The third kappa shape index (κ3) is 3.04. The van der Waals surface area contributed by atoms with Gasteiger partial charge >= 0.3 is 0 Å². The summed E-state index contributed by atoms with van der Waals surface area (Å²) < 4.78 is 0. The van der Waals surface area contributed by atoms with Crippen LogP contribution >= 0.6 is 11.8 Å². The van der Waals surface area contributed by atoms with Crippen molar-refractivity contribution in [2.45, 2.75) is 76.7 Å². The molecule has 33 heavy (non-hydrogen) atoms. The van der Waals surface area contributed by atoms with Gasteiger partial charge in [-0.3, -0.25) is 19.3 Å². The Hall–Kier alpha value is -0.880. The lowest BCUT2D eigenvalue weighted by molar-refractivity contribution is -0.136. The molecule has 0 spiro atoms. The number of fused-ring (bicyclic) bond motifs is 7. The van der Waals surface area contributed by atoms with Gasteiger partial charge in [-0.1, -0.05) is 18.7 Å². The van der Waals surface area contributed by atoms with Gasteiger partial charge in [0.25, 0.3) is 5.24 Å². The second-order valence-electron chi connectivity index (χ2n) is 13.0. The predicted molar refractivity (Wildman–Crippen MR) is 125 cm³/mol. The molecule has 7 fully saturated rings. The van der Waals surface area contributed by atoms with Gasteiger partial charge < -0.3 is 5.11 Å². The van der Waals surface area contributed by atoms with Crippen LogP contribution in [-0.4, -0.2) is 44.8 Å². The topological polar surface area (TPSA) is 74.7 Å². The highest BCUT2D eigenvalue weighted by atomic mass is 32.2. The van der Waals surface area contributed by atoms with E-state index in [-0.39, 0.29) is 46.2 Å². The van der Waals surface area contributed by atoms with Crippen molar-refractivity contribution < 1.29 is 19.5 Å². The van der Waals surface area contributed by atoms with Crippen molar-refractivity contribution in [3.63, 3.8) is 0 Å². The largest absolute Gasteiger partial charge is 0.390 e. The van der Waals surface area contributed by atoms with E-state index in [0.717, 1.165) is 67.0 Å². The highest BCUT2D eigenvalue weighted by Crippen LogP contribution is 2.71. The minimum Gasteiger partial charge on any atom is -0.390 e. The summed E-state index contributed by atoms with van der Waals surface area (Å²) in [5, 5.41) is 10.5. The van der Waals surface area contributed by atoms with E-state index in [1.54, 1.807) is 0 Å². The Labute approximate surface area is 200 Å². The minimum atomic E-state index is -0.318. The summed E-state index contributed by atoms with van der Waals surface area (Å²) in [5.41, 5.74) is -0.298. The molecule has 6 heteroatoms. The van der Waals surface area contributed by atoms with E-state index in [2.05, 4.69) is 6.92 Å². The van der Waals surface area contributed by atoms with Crippen LogP contribution in [0.4, 0.5) is 4.79 Å². The molecule has 0 bridgehead atoms. The number of thioether (sulfide) groups is 1. The molecule has 1 heterocycles. The number of Topliss-reactive ketones (excluding diaryl/α,β-unsaturated/α-hetero) is 1. The summed E-state index contributed by atoms with van der Waals surface area (Å²) in [4.78, 5) is 39.2. The first kappa shape index (κ1) is 21.4. The van der Waals surface area contributed by atoms with Gasteiger partial charge in [-0.2, -0.15) is 0 Å². The number of ketones is 1. The molecule has 2 amide bonds. The van der Waals surface area contributed by atoms with Crippen molar-refractivity contribution in [1.82, 2.24) is 4.90 Å². The van der Waals surface area contributed by atoms with Crippen LogP contribution in [0.15, 0.2) is 0 Å². The average molecular weight is 472 g/mol. The van der Waals surface area contributed by atoms with E-state index in [0.29, 0.717) is 17.8 Å². The van der Waals surface area contributed by atoms with Gasteiger partial charge in [0, 0.05) is 5.92 Å². The third-order valence-electron chi connectivity index (χ3n) is 11.8. The lowest BCUT2D eigenvalue weighted by atomic mass is 9.48. The van der Waals surface area contributed by atoms with Crippen molar-refractivity contribution in [2.24, 2.45) is 58.7 Å². The molecule has 180 valence electrons.